The summed E-state index contributed by atoms with van der Waals surface area (Å²) in [5.41, 5.74) is 1.76. The summed E-state index contributed by atoms with van der Waals surface area (Å²) in [5, 5.41) is 1.09. The van der Waals surface area contributed by atoms with Crippen LogP contribution < -0.4 is 9.93 Å². The average Bonchev–Trinajstić information content (AvgIpc) is 2.76. The van der Waals surface area contributed by atoms with Crippen LogP contribution in [0.3, 0.4) is 0 Å². The molecule has 152 valence electrons. The molecule has 3 aromatic carbocycles. The van der Waals surface area contributed by atoms with E-state index in [2.05, 4.69) is 0 Å². The van der Waals surface area contributed by atoms with Crippen LogP contribution in [-0.4, -0.2) is 8.42 Å². The van der Waals surface area contributed by atoms with Crippen LogP contribution in [0.15, 0.2) is 93.0 Å². The molecule has 0 fully saturated rings. The van der Waals surface area contributed by atoms with Crippen molar-refractivity contribution in [2.24, 2.45) is 0 Å². The molecule has 0 N–H and O–H groups in total. The second-order valence-corrected chi connectivity index (χ2v) is 9.04. The first-order valence-electron chi connectivity index (χ1n) is 9.54. The van der Waals surface area contributed by atoms with Gasteiger partial charge in [0.15, 0.2) is 0 Å². The van der Waals surface area contributed by atoms with E-state index in [1.54, 1.807) is 49.4 Å². The van der Waals surface area contributed by atoms with Crippen molar-refractivity contribution in [2.45, 2.75) is 25.3 Å². The SMILES string of the molecule is Cc1ccc(S(=O)(=O)N(Cc2ccccc2)c2oc(=O)c3ccccc3c2C)cc1. The fraction of sp³-hybridized carbons (Fsp3) is 0.125. The highest BCUT2D eigenvalue weighted by Crippen LogP contribution is 2.31. The zero-order valence-corrected chi connectivity index (χ0v) is 17.5. The Balaban J connectivity index is 1.94. The van der Waals surface area contributed by atoms with Crippen molar-refractivity contribution in [1.29, 1.82) is 0 Å². The maximum atomic E-state index is 13.6. The Bertz CT molecular complexity index is 1360. The number of anilines is 1. The van der Waals surface area contributed by atoms with Crippen LogP contribution in [0.4, 0.5) is 5.88 Å². The molecule has 5 nitrogen and oxygen atoms in total. The lowest BCUT2D eigenvalue weighted by Gasteiger charge is -2.25. The van der Waals surface area contributed by atoms with Crippen molar-refractivity contribution >= 4 is 26.7 Å². The summed E-state index contributed by atoms with van der Waals surface area (Å²) in [7, 11) is -3.98. The lowest BCUT2D eigenvalue weighted by molar-refractivity contribution is 0.511. The molecule has 0 spiro atoms. The normalized spacial score (nSPS) is 11.5. The molecule has 1 aromatic heterocycles. The Morgan fingerprint density at radius 1 is 0.800 bits per heavy atom. The second-order valence-electron chi connectivity index (χ2n) is 7.18. The molecule has 0 amide bonds. The van der Waals surface area contributed by atoms with Crippen molar-refractivity contribution in [1.82, 2.24) is 0 Å². The van der Waals surface area contributed by atoms with Crippen molar-refractivity contribution in [3.63, 3.8) is 0 Å². The molecule has 0 aliphatic heterocycles. The summed E-state index contributed by atoms with van der Waals surface area (Å²) in [4.78, 5) is 12.8. The predicted molar refractivity (Wildman–Crippen MR) is 118 cm³/mol. The number of aryl methyl sites for hydroxylation is 2. The highest BCUT2D eigenvalue weighted by molar-refractivity contribution is 7.92. The Morgan fingerprint density at radius 2 is 1.40 bits per heavy atom. The number of benzene rings is 3. The summed E-state index contributed by atoms with van der Waals surface area (Å²) in [6, 6.07) is 22.9. The van der Waals surface area contributed by atoms with Gasteiger partial charge in [-0.1, -0.05) is 66.2 Å². The molecule has 30 heavy (non-hydrogen) atoms. The average molecular weight is 420 g/mol. The Kier molecular flexibility index (Phi) is 5.18. The molecule has 0 aliphatic carbocycles. The summed E-state index contributed by atoms with van der Waals surface area (Å²) in [6.45, 7) is 3.70. The summed E-state index contributed by atoms with van der Waals surface area (Å²) in [6.07, 6.45) is 0. The highest BCUT2D eigenvalue weighted by atomic mass is 32.2. The molecule has 1 heterocycles. The minimum atomic E-state index is -3.98. The molecule has 0 bridgehead atoms. The van der Waals surface area contributed by atoms with E-state index < -0.39 is 15.6 Å². The summed E-state index contributed by atoms with van der Waals surface area (Å²) >= 11 is 0. The molecular weight excluding hydrogens is 398 g/mol. The number of rotatable bonds is 5. The number of fused-ring (bicyclic) bond motifs is 1. The first-order chi connectivity index (χ1) is 14.4. The molecule has 0 saturated carbocycles. The third-order valence-corrected chi connectivity index (χ3v) is 6.81. The Morgan fingerprint density at radius 3 is 2.07 bits per heavy atom. The fourth-order valence-corrected chi connectivity index (χ4v) is 4.86. The van der Waals surface area contributed by atoms with Gasteiger partial charge in [0.05, 0.1) is 16.8 Å². The number of sulfonamides is 1. The number of nitrogens with zero attached hydrogens (tertiary/aromatic N) is 1. The van der Waals surface area contributed by atoms with Crippen LogP contribution >= 0.6 is 0 Å². The predicted octanol–water partition coefficient (Wildman–Crippen LogP) is 4.81. The summed E-state index contributed by atoms with van der Waals surface area (Å²) < 4.78 is 34.0. The Labute approximate surface area is 175 Å². The molecule has 6 heteroatoms. The van der Waals surface area contributed by atoms with Crippen LogP contribution in [0.1, 0.15) is 16.7 Å². The van der Waals surface area contributed by atoms with E-state index in [4.69, 9.17) is 4.42 Å². The van der Waals surface area contributed by atoms with Gasteiger partial charge in [-0.25, -0.2) is 17.5 Å². The van der Waals surface area contributed by atoms with Crippen molar-refractivity contribution in [3.8, 4) is 0 Å². The number of hydrogen-bond acceptors (Lipinski definition) is 4. The van der Waals surface area contributed by atoms with E-state index in [9.17, 15) is 13.2 Å². The molecule has 4 rings (SSSR count). The molecule has 0 aliphatic rings. The van der Waals surface area contributed by atoms with E-state index >= 15 is 0 Å². The van der Waals surface area contributed by atoms with Gasteiger partial charge in [0.25, 0.3) is 10.0 Å². The molecular formula is C24H21NO4S. The van der Waals surface area contributed by atoms with Crippen LogP contribution in [0.5, 0.6) is 0 Å². The van der Waals surface area contributed by atoms with E-state index in [0.717, 1.165) is 11.1 Å². The van der Waals surface area contributed by atoms with E-state index in [1.165, 1.54) is 4.31 Å². The maximum absolute atomic E-state index is 13.6. The molecule has 0 saturated heterocycles. The van der Waals surface area contributed by atoms with Crippen LogP contribution in [0.2, 0.25) is 0 Å². The standard InChI is InChI=1S/C24H21NO4S/c1-17-12-14-20(15-13-17)30(27,28)25(16-19-8-4-3-5-9-19)23-18(2)21-10-6-7-11-22(21)24(26)29-23/h3-15H,16H2,1-2H3. The van der Waals surface area contributed by atoms with Gasteiger partial charge in [-0.15, -0.1) is 0 Å². The van der Waals surface area contributed by atoms with Gasteiger partial charge in [-0.2, -0.15) is 0 Å². The minimum Gasteiger partial charge on any atom is -0.405 e. The number of hydrogen-bond donors (Lipinski definition) is 0. The largest absolute Gasteiger partial charge is 0.405 e. The van der Waals surface area contributed by atoms with Gasteiger partial charge in [0.2, 0.25) is 5.88 Å². The highest BCUT2D eigenvalue weighted by Gasteiger charge is 2.29. The molecule has 0 atom stereocenters. The first-order valence-corrected chi connectivity index (χ1v) is 11.0. The molecule has 0 radical (unpaired) electrons. The third-order valence-electron chi connectivity index (χ3n) is 5.07. The molecule has 0 unspecified atom stereocenters. The van der Waals surface area contributed by atoms with Crippen molar-refractivity contribution in [2.75, 3.05) is 4.31 Å². The summed E-state index contributed by atoms with van der Waals surface area (Å²) in [5.74, 6) is 0.0307. The lowest BCUT2D eigenvalue weighted by Crippen LogP contribution is -2.32. The first kappa shape index (κ1) is 19.9. The van der Waals surface area contributed by atoms with E-state index in [0.29, 0.717) is 16.3 Å². The zero-order chi connectivity index (χ0) is 21.3. The van der Waals surface area contributed by atoms with Crippen molar-refractivity contribution in [3.05, 3.63) is 106 Å². The minimum absolute atomic E-state index is 0.0307. The van der Waals surface area contributed by atoms with Crippen molar-refractivity contribution < 1.29 is 12.8 Å². The van der Waals surface area contributed by atoms with Gasteiger partial charge in [0, 0.05) is 5.56 Å². The van der Waals surface area contributed by atoms with E-state index in [-0.39, 0.29) is 17.3 Å². The fourth-order valence-electron chi connectivity index (χ4n) is 3.41. The topological polar surface area (TPSA) is 67.6 Å². The van der Waals surface area contributed by atoms with Gasteiger partial charge in [-0.3, -0.25) is 0 Å². The van der Waals surface area contributed by atoms with Crippen LogP contribution in [0, 0.1) is 13.8 Å². The smallest absolute Gasteiger partial charge is 0.345 e. The second kappa shape index (κ2) is 7.80. The van der Waals surface area contributed by atoms with Gasteiger partial charge >= 0.3 is 5.63 Å². The van der Waals surface area contributed by atoms with Crippen LogP contribution in [0.25, 0.3) is 10.8 Å². The van der Waals surface area contributed by atoms with Gasteiger partial charge in [0.1, 0.15) is 0 Å². The van der Waals surface area contributed by atoms with Gasteiger partial charge in [-0.05, 0) is 43.0 Å². The maximum Gasteiger partial charge on any atom is 0.345 e. The third kappa shape index (κ3) is 3.62. The van der Waals surface area contributed by atoms with E-state index in [1.807, 2.05) is 43.3 Å². The molecule has 4 aromatic rings. The van der Waals surface area contributed by atoms with Gasteiger partial charge < -0.3 is 4.42 Å². The quantitative estimate of drug-likeness (QED) is 0.466. The Hall–Kier alpha value is -3.38. The van der Waals surface area contributed by atoms with Crippen LogP contribution in [-0.2, 0) is 16.6 Å². The monoisotopic (exact) mass is 419 g/mol. The lowest BCUT2D eigenvalue weighted by atomic mass is 10.1. The zero-order valence-electron chi connectivity index (χ0n) is 16.7.